The average Bonchev–Trinajstić information content (AvgIpc) is 2.96. The summed E-state index contributed by atoms with van der Waals surface area (Å²) in [6.45, 7) is 9.41. The van der Waals surface area contributed by atoms with Crippen molar-refractivity contribution in [3.05, 3.63) is 0 Å². The van der Waals surface area contributed by atoms with E-state index in [9.17, 15) is 5.11 Å². The molecule has 1 heterocycles. The van der Waals surface area contributed by atoms with Gasteiger partial charge in [0.1, 0.15) is 11.7 Å². The Labute approximate surface area is 111 Å². The fourth-order valence-corrected chi connectivity index (χ4v) is 5.06. The van der Waals surface area contributed by atoms with Crippen molar-refractivity contribution >= 4 is 0 Å². The number of hydrogen-bond donors (Lipinski definition) is 1. The summed E-state index contributed by atoms with van der Waals surface area (Å²) in [6.07, 6.45) is 6.88. The van der Waals surface area contributed by atoms with Crippen LogP contribution in [0.2, 0.25) is 0 Å². The Hall–Kier alpha value is -0.0800. The lowest BCUT2D eigenvalue weighted by molar-refractivity contribution is 0.0701. The monoisotopic (exact) mass is 252 g/mol. The average molecular weight is 252 g/mol. The van der Waals surface area contributed by atoms with Crippen molar-refractivity contribution in [1.29, 1.82) is 0 Å². The number of ether oxygens (including phenoxy) is 1. The van der Waals surface area contributed by atoms with E-state index in [4.69, 9.17) is 4.74 Å². The molecule has 2 saturated carbocycles. The lowest BCUT2D eigenvalue weighted by atomic mass is 9.65. The predicted octanol–water partition coefficient (Wildman–Crippen LogP) is 3.52. The number of aliphatic hydroxyl groups is 1. The molecule has 1 aliphatic heterocycles. The van der Waals surface area contributed by atoms with Gasteiger partial charge in [-0.2, -0.15) is 0 Å². The Morgan fingerprint density at radius 1 is 1.33 bits per heavy atom. The largest absolute Gasteiger partial charge is 0.390 e. The van der Waals surface area contributed by atoms with Gasteiger partial charge in [-0.15, -0.1) is 0 Å². The van der Waals surface area contributed by atoms with Crippen LogP contribution in [0.4, 0.5) is 0 Å². The summed E-state index contributed by atoms with van der Waals surface area (Å²) in [4.78, 5) is 0. The minimum atomic E-state index is -0.239. The molecule has 0 aromatic carbocycles. The Morgan fingerprint density at radius 3 is 2.56 bits per heavy atom. The van der Waals surface area contributed by atoms with Crippen molar-refractivity contribution < 1.29 is 9.84 Å². The Balaban J connectivity index is 1.76. The molecule has 2 bridgehead atoms. The third kappa shape index (κ3) is 1.31. The minimum Gasteiger partial charge on any atom is -0.390 e. The third-order valence-electron chi connectivity index (χ3n) is 6.86. The summed E-state index contributed by atoms with van der Waals surface area (Å²) in [6, 6.07) is 0. The van der Waals surface area contributed by atoms with E-state index < -0.39 is 0 Å². The predicted molar refractivity (Wildman–Crippen MR) is 72.4 cm³/mol. The maximum atomic E-state index is 10.3. The molecule has 5 atom stereocenters. The highest BCUT2D eigenvalue weighted by atomic mass is 16.6. The van der Waals surface area contributed by atoms with E-state index in [1.54, 1.807) is 0 Å². The van der Waals surface area contributed by atoms with Crippen molar-refractivity contribution in [2.24, 2.45) is 16.7 Å². The summed E-state index contributed by atoms with van der Waals surface area (Å²) in [5.74, 6) is 0.797. The first kappa shape index (κ1) is 12.9. The van der Waals surface area contributed by atoms with Gasteiger partial charge >= 0.3 is 0 Å². The van der Waals surface area contributed by atoms with E-state index >= 15 is 0 Å². The van der Waals surface area contributed by atoms with Crippen LogP contribution in [0.25, 0.3) is 0 Å². The second-order valence-electron chi connectivity index (χ2n) is 7.63. The molecule has 2 aliphatic carbocycles. The summed E-state index contributed by atoms with van der Waals surface area (Å²) in [5, 5.41) is 10.3. The topological polar surface area (TPSA) is 32.8 Å². The molecule has 0 aromatic heterocycles. The van der Waals surface area contributed by atoms with Gasteiger partial charge in [0.05, 0.1) is 6.10 Å². The highest BCUT2D eigenvalue weighted by molar-refractivity contribution is 5.27. The molecular formula is C16H28O2. The maximum Gasteiger partial charge on any atom is 0.114 e. The fraction of sp³-hybridized carbons (Fsp3) is 1.00. The van der Waals surface area contributed by atoms with Crippen molar-refractivity contribution in [2.75, 3.05) is 0 Å². The van der Waals surface area contributed by atoms with Crippen molar-refractivity contribution in [3.8, 4) is 0 Å². The maximum absolute atomic E-state index is 10.3. The molecule has 0 amide bonds. The number of unbranched alkanes of at least 4 members (excludes halogenated alkanes) is 1. The van der Waals surface area contributed by atoms with Gasteiger partial charge in [-0.25, -0.2) is 0 Å². The summed E-state index contributed by atoms with van der Waals surface area (Å²) in [5.41, 5.74) is 0.682. The SMILES string of the molecule is CCCC[C@@H](O)[C@@H]1O[C@]12C[C@H]1CC[C@]2(C)C1(C)C. The number of fused-ring (bicyclic) bond motifs is 3. The minimum absolute atomic E-state index is 0.0204. The smallest absolute Gasteiger partial charge is 0.114 e. The number of hydrogen-bond acceptors (Lipinski definition) is 2. The summed E-state index contributed by atoms with van der Waals surface area (Å²) >= 11 is 0. The number of rotatable bonds is 4. The number of epoxide rings is 1. The van der Waals surface area contributed by atoms with Crippen molar-refractivity contribution in [3.63, 3.8) is 0 Å². The summed E-state index contributed by atoms with van der Waals surface area (Å²) < 4.78 is 6.15. The quantitative estimate of drug-likeness (QED) is 0.776. The molecule has 104 valence electrons. The Morgan fingerprint density at radius 2 is 2.06 bits per heavy atom. The molecule has 2 heteroatoms. The van der Waals surface area contributed by atoms with Crippen LogP contribution in [0.1, 0.15) is 66.2 Å². The van der Waals surface area contributed by atoms with Crippen LogP contribution in [-0.4, -0.2) is 22.9 Å². The van der Waals surface area contributed by atoms with Crippen LogP contribution in [0, 0.1) is 16.7 Å². The molecule has 1 spiro atoms. The molecule has 0 aromatic rings. The second-order valence-corrected chi connectivity index (χ2v) is 7.63. The zero-order chi connectivity index (χ0) is 13.2. The van der Waals surface area contributed by atoms with Crippen LogP contribution in [0.5, 0.6) is 0 Å². The van der Waals surface area contributed by atoms with Crippen LogP contribution >= 0.6 is 0 Å². The molecule has 0 radical (unpaired) electrons. The van der Waals surface area contributed by atoms with Gasteiger partial charge in [-0.1, -0.05) is 40.5 Å². The van der Waals surface area contributed by atoms with E-state index in [1.165, 1.54) is 19.3 Å². The zero-order valence-corrected chi connectivity index (χ0v) is 12.3. The fourth-order valence-electron chi connectivity index (χ4n) is 5.06. The number of aliphatic hydroxyl groups excluding tert-OH is 1. The molecule has 1 N–H and O–H groups in total. The van der Waals surface area contributed by atoms with Crippen LogP contribution in [-0.2, 0) is 4.74 Å². The van der Waals surface area contributed by atoms with E-state index in [0.717, 1.165) is 25.2 Å². The van der Waals surface area contributed by atoms with Crippen molar-refractivity contribution in [2.45, 2.75) is 84.0 Å². The lowest BCUT2D eigenvalue weighted by Gasteiger charge is -2.38. The third-order valence-corrected chi connectivity index (χ3v) is 6.86. The normalized spacial score (nSPS) is 49.8. The van der Waals surface area contributed by atoms with Gasteiger partial charge in [0.2, 0.25) is 0 Å². The molecule has 0 unspecified atom stereocenters. The first-order chi connectivity index (χ1) is 8.39. The second kappa shape index (κ2) is 3.73. The van der Waals surface area contributed by atoms with Crippen molar-refractivity contribution in [1.82, 2.24) is 0 Å². The Bertz CT molecular complexity index is 351. The molecule has 18 heavy (non-hydrogen) atoms. The van der Waals surface area contributed by atoms with E-state index in [1.807, 2.05) is 0 Å². The van der Waals surface area contributed by atoms with E-state index in [-0.39, 0.29) is 23.2 Å². The highest BCUT2D eigenvalue weighted by Crippen LogP contribution is 2.76. The standard InChI is InChI=1S/C16H28O2/c1-5-6-7-12(17)13-16(18-13)10-11-8-9-15(16,4)14(11,2)3/h11-13,17H,5-10H2,1-4H3/t11-,12-,13+,15-,16-/m1/s1. The van der Waals surface area contributed by atoms with Gasteiger partial charge in [0, 0.05) is 5.41 Å². The molecule has 3 rings (SSSR count). The van der Waals surface area contributed by atoms with Gasteiger partial charge in [0.25, 0.3) is 0 Å². The zero-order valence-electron chi connectivity index (χ0n) is 12.3. The lowest BCUT2D eigenvalue weighted by Crippen LogP contribution is -2.41. The van der Waals surface area contributed by atoms with Crippen LogP contribution < -0.4 is 0 Å². The van der Waals surface area contributed by atoms with E-state index in [0.29, 0.717) is 5.41 Å². The van der Waals surface area contributed by atoms with Crippen LogP contribution in [0.15, 0.2) is 0 Å². The molecule has 1 saturated heterocycles. The Kier molecular flexibility index (Phi) is 2.68. The molecular weight excluding hydrogens is 224 g/mol. The first-order valence-electron chi connectivity index (χ1n) is 7.75. The van der Waals surface area contributed by atoms with Crippen LogP contribution in [0.3, 0.4) is 0 Å². The molecule has 3 aliphatic rings. The highest BCUT2D eigenvalue weighted by Gasteiger charge is 2.79. The summed E-state index contributed by atoms with van der Waals surface area (Å²) in [7, 11) is 0. The van der Waals surface area contributed by atoms with E-state index in [2.05, 4.69) is 27.7 Å². The molecule has 3 fully saturated rings. The van der Waals surface area contributed by atoms with Gasteiger partial charge < -0.3 is 9.84 Å². The first-order valence-corrected chi connectivity index (χ1v) is 7.75. The molecule has 2 nitrogen and oxygen atoms in total. The van der Waals surface area contributed by atoms with Gasteiger partial charge in [-0.05, 0) is 37.0 Å². The van der Waals surface area contributed by atoms with Gasteiger partial charge in [-0.3, -0.25) is 0 Å². The van der Waals surface area contributed by atoms with Gasteiger partial charge in [0.15, 0.2) is 0 Å².